The van der Waals surface area contributed by atoms with Gasteiger partial charge < -0.3 is 5.32 Å². The van der Waals surface area contributed by atoms with Crippen LogP contribution in [0.3, 0.4) is 0 Å². The van der Waals surface area contributed by atoms with E-state index in [1.54, 1.807) is 10.6 Å². The third-order valence-corrected chi connectivity index (χ3v) is 5.84. The van der Waals surface area contributed by atoms with Crippen LogP contribution in [0.4, 0.5) is 5.69 Å². The van der Waals surface area contributed by atoms with Gasteiger partial charge in [-0.2, -0.15) is 0 Å². The maximum Gasteiger partial charge on any atom is 0.262 e. The van der Waals surface area contributed by atoms with Crippen LogP contribution >= 0.6 is 27.7 Å². The Bertz CT molecular complexity index is 1250. The summed E-state index contributed by atoms with van der Waals surface area (Å²) in [6.45, 7) is 2.57. The number of hydrogen-bond donors (Lipinski definition) is 1. The highest BCUT2D eigenvalue weighted by Crippen LogP contribution is 2.22. The number of halogens is 1. The number of nitrogens with one attached hydrogen (secondary N) is 1. The van der Waals surface area contributed by atoms with Gasteiger partial charge in [0.1, 0.15) is 0 Å². The number of rotatable bonds is 6. The molecule has 9 heteroatoms. The topological polar surface area (TPSA) is 81.3 Å². The fourth-order valence-electron chi connectivity index (χ4n) is 3.11. The summed E-state index contributed by atoms with van der Waals surface area (Å²) in [4.78, 5) is 25.2. The highest BCUT2D eigenvalue weighted by molar-refractivity contribution is 9.10. The first kappa shape index (κ1) is 19.7. The summed E-state index contributed by atoms with van der Waals surface area (Å²) in [6.07, 6.45) is 0.804. The number of para-hydroxylation sites is 1. The molecule has 1 amide bonds. The van der Waals surface area contributed by atoms with E-state index in [2.05, 4.69) is 31.4 Å². The Morgan fingerprint density at radius 3 is 2.66 bits per heavy atom. The van der Waals surface area contributed by atoms with Gasteiger partial charge in [-0.1, -0.05) is 46.7 Å². The van der Waals surface area contributed by atoms with Gasteiger partial charge in [0, 0.05) is 16.7 Å². The highest BCUT2D eigenvalue weighted by atomic mass is 79.9. The van der Waals surface area contributed by atoms with Crippen molar-refractivity contribution in [2.45, 2.75) is 25.0 Å². The van der Waals surface area contributed by atoms with Crippen molar-refractivity contribution in [1.82, 2.24) is 19.2 Å². The van der Waals surface area contributed by atoms with Gasteiger partial charge in [-0.25, -0.2) is 0 Å². The summed E-state index contributed by atoms with van der Waals surface area (Å²) in [6, 6.07) is 14.8. The third kappa shape index (κ3) is 3.92. The van der Waals surface area contributed by atoms with Crippen LogP contribution in [-0.2, 0) is 11.3 Å². The third-order valence-electron chi connectivity index (χ3n) is 4.39. The summed E-state index contributed by atoms with van der Waals surface area (Å²) in [5, 5.41) is 12.5. The fourth-order valence-corrected chi connectivity index (χ4v) is 4.12. The standard InChI is InChI=1S/C20H18BrN5O2S/c1-2-11-25-18(28)15-5-3-4-6-16(15)26-19(25)23-24-20(26)29-12-17(27)22-14-9-7-13(21)8-10-14/h3-10H,2,11-12H2,1H3,(H,22,27). The number of carbonyl (C=O) groups excluding carboxylic acids is 1. The minimum Gasteiger partial charge on any atom is -0.325 e. The zero-order chi connectivity index (χ0) is 20.4. The SMILES string of the molecule is CCCn1c(=O)c2ccccc2n2c(SCC(=O)Nc3ccc(Br)cc3)nnc12. The highest BCUT2D eigenvalue weighted by Gasteiger charge is 2.17. The lowest BCUT2D eigenvalue weighted by atomic mass is 10.2. The Hall–Kier alpha value is -2.65. The van der Waals surface area contributed by atoms with E-state index < -0.39 is 0 Å². The molecule has 2 aromatic carbocycles. The molecular weight excluding hydrogens is 454 g/mol. The molecule has 4 aromatic rings. The van der Waals surface area contributed by atoms with E-state index >= 15 is 0 Å². The van der Waals surface area contributed by atoms with Gasteiger partial charge in [0.15, 0.2) is 5.16 Å². The number of carbonyl (C=O) groups is 1. The molecule has 0 saturated carbocycles. The Labute approximate surface area is 179 Å². The molecule has 2 heterocycles. The van der Waals surface area contributed by atoms with Crippen molar-refractivity contribution in [3.05, 3.63) is 63.4 Å². The largest absolute Gasteiger partial charge is 0.325 e. The molecule has 0 aliphatic heterocycles. The number of benzene rings is 2. The zero-order valence-corrected chi connectivity index (χ0v) is 18.0. The fraction of sp³-hybridized carbons (Fsp3) is 0.200. The summed E-state index contributed by atoms with van der Waals surface area (Å²) in [7, 11) is 0. The molecule has 29 heavy (non-hydrogen) atoms. The average Bonchev–Trinajstić information content (AvgIpc) is 3.15. The van der Waals surface area contributed by atoms with E-state index in [0.717, 1.165) is 22.1 Å². The lowest BCUT2D eigenvalue weighted by molar-refractivity contribution is -0.113. The predicted molar refractivity (Wildman–Crippen MR) is 119 cm³/mol. The molecular formula is C20H18BrN5O2S. The molecule has 2 aromatic heterocycles. The van der Waals surface area contributed by atoms with Crippen molar-refractivity contribution in [3.63, 3.8) is 0 Å². The zero-order valence-electron chi connectivity index (χ0n) is 15.6. The normalized spacial score (nSPS) is 11.2. The molecule has 0 atom stereocenters. The van der Waals surface area contributed by atoms with Crippen molar-refractivity contribution in [3.8, 4) is 0 Å². The number of thioether (sulfide) groups is 1. The van der Waals surface area contributed by atoms with Gasteiger partial charge in [-0.15, -0.1) is 10.2 Å². The molecule has 148 valence electrons. The minimum absolute atomic E-state index is 0.0770. The van der Waals surface area contributed by atoms with Crippen molar-refractivity contribution in [2.24, 2.45) is 0 Å². The molecule has 4 rings (SSSR count). The monoisotopic (exact) mass is 471 g/mol. The van der Waals surface area contributed by atoms with Gasteiger partial charge in [0.05, 0.1) is 16.7 Å². The first-order valence-corrected chi connectivity index (χ1v) is 10.9. The predicted octanol–water partition coefficient (Wildman–Crippen LogP) is 3.95. The summed E-state index contributed by atoms with van der Waals surface area (Å²) in [5.41, 5.74) is 1.39. The number of nitrogens with zero attached hydrogens (tertiary/aromatic N) is 4. The van der Waals surface area contributed by atoms with E-state index in [0.29, 0.717) is 22.9 Å². The smallest absolute Gasteiger partial charge is 0.262 e. The van der Waals surface area contributed by atoms with E-state index in [9.17, 15) is 9.59 Å². The molecule has 0 unspecified atom stereocenters. The van der Waals surface area contributed by atoms with Crippen molar-refractivity contribution in [1.29, 1.82) is 0 Å². The summed E-state index contributed by atoms with van der Waals surface area (Å²) in [5.74, 6) is 0.532. The van der Waals surface area contributed by atoms with Crippen LogP contribution in [0, 0.1) is 0 Å². The lowest BCUT2D eigenvalue weighted by Gasteiger charge is -2.10. The van der Waals surface area contributed by atoms with Crippen molar-refractivity contribution in [2.75, 3.05) is 11.1 Å². The number of hydrogen-bond acceptors (Lipinski definition) is 5. The van der Waals surface area contributed by atoms with Crippen LogP contribution in [0.5, 0.6) is 0 Å². The van der Waals surface area contributed by atoms with Gasteiger partial charge in [0.25, 0.3) is 5.56 Å². The quantitative estimate of drug-likeness (QED) is 0.430. The van der Waals surface area contributed by atoms with E-state index in [-0.39, 0.29) is 17.2 Å². The van der Waals surface area contributed by atoms with Crippen molar-refractivity contribution >= 4 is 56.0 Å². The van der Waals surface area contributed by atoms with Crippen molar-refractivity contribution < 1.29 is 4.79 Å². The Kier molecular flexibility index (Phi) is 5.68. The molecule has 0 fully saturated rings. The molecule has 1 N–H and O–H groups in total. The summed E-state index contributed by atoms with van der Waals surface area (Å²) < 4.78 is 4.44. The molecule has 0 aliphatic rings. The molecule has 7 nitrogen and oxygen atoms in total. The number of aromatic nitrogens is 4. The van der Waals surface area contributed by atoms with Crippen LogP contribution in [0.15, 0.2) is 63.0 Å². The number of aryl methyl sites for hydroxylation is 1. The van der Waals surface area contributed by atoms with Crippen LogP contribution in [-0.4, -0.2) is 30.8 Å². The lowest BCUT2D eigenvalue weighted by Crippen LogP contribution is -2.23. The second-order valence-corrected chi connectivity index (χ2v) is 8.29. The van der Waals surface area contributed by atoms with E-state index in [1.807, 2.05) is 53.8 Å². The van der Waals surface area contributed by atoms with Crippen LogP contribution in [0.25, 0.3) is 16.7 Å². The molecule has 0 aliphatic carbocycles. The van der Waals surface area contributed by atoms with Crippen LogP contribution < -0.4 is 10.9 Å². The Morgan fingerprint density at radius 1 is 1.14 bits per heavy atom. The number of anilines is 1. The first-order valence-electron chi connectivity index (χ1n) is 9.13. The first-order chi connectivity index (χ1) is 14.1. The van der Waals surface area contributed by atoms with Crippen LogP contribution in [0.1, 0.15) is 13.3 Å². The second kappa shape index (κ2) is 8.38. The van der Waals surface area contributed by atoms with Gasteiger partial charge in [-0.05, 0) is 42.8 Å². The summed E-state index contributed by atoms with van der Waals surface area (Å²) >= 11 is 4.66. The van der Waals surface area contributed by atoms with Gasteiger partial charge in [0.2, 0.25) is 11.7 Å². The number of fused-ring (bicyclic) bond motifs is 3. The Balaban J connectivity index is 1.65. The minimum atomic E-state index is -0.139. The van der Waals surface area contributed by atoms with E-state index in [4.69, 9.17) is 0 Å². The molecule has 0 spiro atoms. The van der Waals surface area contributed by atoms with Gasteiger partial charge in [-0.3, -0.25) is 18.6 Å². The number of amides is 1. The molecule has 0 bridgehead atoms. The second-order valence-electron chi connectivity index (χ2n) is 6.44. The molecule has 0 radical (unpaired) electrons. The van der Waals surface area contributed by atoms with Gasteiger partial charge >= 0.3 is 0 Å². The average molecular weight is 472 g/mol. The molecule has 0 saturated heterocycles. The van der Waals surface area contributed by atoms with E-state index in [1.165, 1.54) is 11.8 Å². The Morgan fingerprint density at radius 2 is 1.90 bits per heavy atom. The van der Waals surface area contributed by atoms with Crippen LogP contribution in [0.2, 0.25) is 0 Å². The maximum absolute atomic E-state index is 12.8. The maximum atomic E-state index is 12.8.